The summed E-state index contributed by atoms with van der Waals surface area (Å²) in [6.45, 7) is 10.6. The molecule has 4 nitrogen and oxygen atoms in total. The average molecular weight is 345 g/mol. The fourth-order valence-corrected chi connectivity index (χ4v) is 2.17. The first-order valence-electron chi connectivity index (χ1n) is 7.72. The van der Waals surface area contributed by atoms with Crippen molar-refractivity contribution in [1.82, 2.24) is 10.6 Å². The molecule has 1 aromatic rings. The molecule has 0 aromatic heterocycles. The van der Waals surface area contributed by atoms with Crippen LogP contribution in [0.15, 0.2) is 18.2 Å². The quantitative estimate of drug-likeness (QED) is 0.816. The van der Waals surface area contributed by atoms with Crippen LogP contribution in [0, 0.1) is 11.7 Å². The average Bonchev–Trinajstić information content (AvgIpc) is 2.37. The summed E-state index contributed by atoms with van der Waals surface area (Å²) in [5.74, 6) is -0.121. The van der Waals surface area contributed by atoms with Crippen LogP contribution in [0.3, 0.4) is 0 Å². The highest BCUT2D eigenvalue weighted by molar-refractivity contribution is 6.31. The van der Waals surface area contributed by atoms with Crippen molar-refractivity contribution in [3.05, 3.63) is 34.6 Å². The molecule has 0 saturated heterocycles. The topological polar surface area (TPSA) is 50.4 Å². The van der Waals surface area contributed by atoms with Crippen molar-refractivity contribution in [1.29, 1.82) is 0 Å². The molecule has 0 saturated carbocycles. The molecule has 0 bridgehead atoms. The summed E-state index contributed by atoms with van der Waals surface area (Å²) in [5, 5.41) is 6.49. The predicted octanol–water partition coefficient (Wildman–Crippen LogP) is 4.12. The van der Waals surface area contributed by atoms with Crippen molar-refractivity contribution in [3.8, 4) is 0 Å². The summed E-state index contributed by atoms with van der Waals surface area (Å²) < 4.78 is 18.3. The molecular weight excluding hydrogens is 319 g/mol. The predicted molar refractivity (Wildman–Crippen MR) is 91.1 cm³/mol. The van der Waals surface area contributed by atoms with E-state index in [9.17, 15) is 9.18 Å². The van der Waals surface area contributed by atoms with E-state index >= 15 is 0 Å². The molecule has 0 spiro atoms. The summed E-state index contributed by atoms with van der Waals surface area (Å²) in [6.07, 6.45) is -0.433. The van der Waals surface area contributed by atoms with Crippen molar-refractivity contribution in [2.45, 2.75) is 52.8 Å². The van der Waals surface area contributed by atoms with E-state index in [1.54, 1.807) is 6.07 Å². The van der Waals surface area contributed by atoms with Gasteiger partial charge in [0.25, 0.3) is 0 Å². The van der Waals surface area contributed by atoms with Crippen LogP contribution >= 0.6 is 11.6 Å². The normalized spacial score (nSPS) is 13.0. The number of carbonyl (C=O) groups excluding carboxylic acids is 1. The maximum Gasteiger partial charge on any atom is 0.407 e. The van der Waals surface area contributed by atoms with E-state index in [0.29, 0.717) is 18.1 Å². The lowest BCUT2D eigenvalue weighted by Crippen LogP contribution is -2.46. The van der Waals surface area contributed by atoms with Crippen LogP contribution in [0.25, 0.3) is 0 Å². The van der Waals surface area contributed by atoms with Crippen molar-refractivity contribution in [2.24, 2.45) is 5.92 Å². The number of carbonyl (C=O) groups is 1. The lowest BCUT2D eigenvalue weighted by atomic mass is 10.0. The van der Waals surface area contributed by atoms with E-state index in [1.807, 2.05) is 34.6 Å². The van der Waals surface area contributed by atoms with E-state index in [1.165, 1.54) is 12.1 Å². The second kappa shape index (κ2) is 8.50. The summed E-state index contributed by atoms with van der Waals surface area (Å²) in [5.41, 5.74) is 0.286. The molecule has 1 amide bonds. The highest BCUT2D eigenvalue weighted by Crippen LogP contribution is 2.17. The van der Waals surface area contributed by atoms with Gasteiger partial charge >= 0.3 is 6.09 Å². The van der Waals surface area contributed by atoms with Gasteiger partial charge in [-0.05, 0) is 44.4 Å². The van der Waals surface area contributed by atoms with Crippen molar-refractivity contribution in [3.63, 3.8) is 0 Å². The van der Waals surface area contributed by atoms with Gasteiger partial charge in [0.05, 0.1) is 0 Å². The summed E-state index contributed by atoms with van der Waals surface area (Å²) in [7, 11) is 0. The maximum absolute atomic E-state index is 13.0. The molecule has 0 heterocycles. The van der Waals surface area contributed by atoms with Gasteiger partial charge in [0, 0.05) is 24.2 Å². The molecule has 2 N–H and O–H groups in total. The minimum Gasteiger partial charge on any atom is -0.444 e. The number of rotatable bonds is 6. The molecule has 0 aliphatic carbocycles. The molecule has 1 aromatic carbocycles. The zero-order valence-electron chi connectivity index (χ0n) is 14.4. The maximum atomic E-state index is 13.0. The molecule has 130 valence electrons. The number of ether oxygens (including phenoxy) is 1. The van der Waals surface area contributed by atoms with Crippen LogP contribution in [0.5, 0.6) is 0 Å². The Bertz CT molecular complexity index is 530. The van der Waals surface area contributed by atoms with Gasteiger partial charge in [0.2, 0.25) is 0 Å². The van der Waals surface area contributed by atoms with Crippen molar-refractivity contribution in [2.75, 3.05) is 6.54 Å². The van der Waals surface area contributed by atoms with Crippen LogP contribution in [0.2, 0.25) is 5.02 Å². The van der Waals surface area contributed by atoms with Gasteiger partial charge in [0.1, 0.15) is 11.4 Å². The lowest BCUT2D eigenvalue weighted by molar-refractivity contribution is 0.0490. The molecule has 0 aliphatic heterocycles. The summed E-state index contributed by atoms with van der Waals surface area (Å²) in [6, 6.07) is 4.24. The van der Waals surface area contributed by atoms with Crippen LogP contribution in [0.4, 0.5) is 9.18 Å². The summed E-state index contributed by atoms with van der Waals surface area (Å²) >= 11 is 5.99. The Kier molecular flexibility index (Phi) is 7.29. The molecule has 6 heteroatoms. The number of halogens is 2. The fraction of sp³-hybridized carbons (Fsp3) is 0.588. The van der Waals surface area contributed by atoms with Gasteiger partial charge < -0.3 is 15.4 Å². The lowest BCUT2D eigenvalue weighted by Gasteiger charge is -2.26. The Hall–Kier alpha value is -1.33. The van der Waals surface area contributed by atoms with Gasteiger partial charge in [-0.2, -0.15) is 0 Å². The molecule has 1 atom stereocenters. The SMILES string of the molecule is CC(C)C(CNCc1ccc(F)cc1Cl)NC(=O)OC(C)(C)C. The van der Waals surface area contributed by atoms with Crippen LogP contribution in [-0.2, 0) is 11.3 Å². The van der Waals surface area contributed by atoms with E-state index in [4.69, 9.17) is 16.3 Å². The molecule has 0 aliphatic rings. The first-order chi connectivity index (χ1) is 10.6. The number of amides is 1. The zero-order chi connectivity index (χ0) is 17.6. The highest BCUT2D eigenvalue weighted by atomic mass is 35.5. The molecule has 0 fully saturated rings. The molecular formula is C17H26ClFN2O2. The number of benzene rings is 1. The number of alkyl carbamates (subject to hydrolysis) is 1. The standard InChI is InChI=1S/C17H26ClFN2O2/c1-11(2)15(21-16(22)23-17(3,4)5)10-20-9-12-6-7-13(19)8-14(12)18/h6-8,11,15,20H,9-10H2,1-5H3,(H,21,22). The number of hydrogen-bond donors (Lipinski definition) is 2. The van der Waals surface area contributed by atoms with Gasteiger partial charge in [-0.15, -0.1) is 0 Å². The minimum absolute atomic E-state index is 0.0796. The molecule has 23 heavy (non-hydrogen) atoms. The Labute approximate surface area is 142 Å². The second-order valence-electron chi connectivity index (χ2n) is 6.86. The summed E-state index contributed by atoms with van der Waals surface area (Å²) in [4.78, 5) is 11.9. The van der Waals surface area contributed by atoms with E-state index in [0.717, 1.165) is 5.56 Å². The van der Waals surface area contributed by atoms with Crippen molar-refractivity contribution < 1.29 is 13.9 Å². The van der Waals surface area contributed by atoms with Gasteiger partial charge in [-0.25, -0.2) is 9.18 Å². The van der Waals surface area contributed by atoms with Crippen LogP contribution in [-0.4, -0.2) is 24.3 Å². The Morgan fingerprint density at radius 2 is 2.00 bits per heavy atom. The number of nitrogens with one attached hydrogen (secondary N) is 2. The Morgan fingerprint density at radius 3 is 2.52 bits per heavy atom. The first kappa shape index (κ1) is 19.7. The molecule has 1 rings (SSSR count). The fourth-order valence-electron chi connectivity index (χ4n) is 1.94. The van der Waals surface area contributed by atoms with E-state index < -0.39 is 11.7 Å². The largest absolute Gasteiger partial charge is 0.444 e. The zero-order valence-corrected chi connectivity index (χ0v) is 15.1. The van der Waals surface area contributed by atoms with Crippen LogP contribution in [0.1, 0.15) is 40.2 Å². The Balaban J connectivity index is 2.52. The smallest absolute Gasteiger partial charge is 0.407 e. The Morgan fingerprint density at radius 1 is 1.35 bits per heavy atom. The third kappa shape index (κ3) is 7.66. The number of hydrogen-bond acceptors (Lipinski definition) is 3. The van der Waals surface area contributed by atoms with E-state index in [-0.39, 0.29) is 17.8 Å². The van der Waals surface area contributed by atoms with Gasteiger partial charge in [0.15, 0.2) is 0 Å². The second-order valence-corrected chi connectivity index (χ2v) is 7.27. The minimum atomic E-state index is -0.527. The first-order valence-corrected chi connectivity index (χ1v) is 8.10. The molecule has 0 radical (unpaired) electrons. The van der Waals surface area contributed by atoms with Crippen molar-refractivity contribution >= 4 is 17.7 Å². The third-order valence-corrected chi connectivity index (χ3v) is 3.55. The third-order valence-electron chi connectivity index (χ3n) is 3.20. The van der Waals surface area contributed by atoms with Crippen LogP contribution < -0.4 is 10.6 Å². The highest BCUT2D eigenvalue weighted by Gasteiger charge is 2.21. The van der Waals surface area contributed by atoms with E-state index in [2.05, 4.69) is 10.6 Å². The van der Waals surface area contributed by atoms with Gasteiger partial charge in [-0.3, -0.25) is 0 Å². The molecule has 1 unspecified atom stereocenters. The van der Waals surface area contributed by atoms with Gasteiger partial charge in [-0.1, -0.05) is 31.5 Å². The monoisotopic (exact) mass is 344 g/mol.